The molecule has 0 bridgehead atoms. The van der Waals surface area contributed by atoms with Gasteiger partial charge in [0.15, 0.2) is 5.84 Å². The summed E-state index contributed by atoms with van der Waals surface area (Å²) in [5, 5.41) is 12.0. The lowest BCUT2D eigenvalue weighted by Crippen LogP contribution is -2.52. The number of anilines is 1. The molecule has 1 aliphatic rings. The maximum absolute atomic E-state index is 8.93. The van der Waals surface area contributed by atoms with E-state index in [1.165, 1.54) is 0 Å². The van der Waals surface area contributed by atoms with Gasteiger partial charge in [-0.2, -0.15) is 0 Å². The second-order valence-electron chi connectivity index (χ2n) is 5.88. The molecule has 2 heterocycles. The Hall–Kier alpha value is -1.82. The Kier molecular flexibility index (Phi) is 3.85. The highest BCUT2D eigenvalue weighted by molar-refractivity contribution is 6.01. The van der Waals surface area contributed by atoms with Gasteiger partial charge < -0.3 is 20.6 Å². The smallest absolute Gasteiger partial charge is 0.173 e. The molecule has 1 fully saturated rings. The summed E-state index contributed by atoms with van der Waals surface area (Å²) in [4.78, 5) is 6.70. The summed E-state index contributed by atoms with van der Waals surface area (Å²) in [5.74, 6) is 0.813. The summed E-state index contributed by atoms with van der Waals surface area (Å²) >= 11 is 0. The van der Waals surface area contributed by atoms with Gasteiger partial charge in [0, 0.05) is 18.8 Å². The minimum atomic E-state index is -0.258. The van der Waals surface area contributed by atoms with Gasteiger partial charge in [0.2, 0.25) is 0 Å². The SMILES string of the molecule is Cc1ccc(C(N)=NO)c(N2CC(C)OC(C)(C)C2)n1. The third-order valence-corrected chi connectivity index (χ3v) is 3.27. The Balaban J connectivity index is 2.43. The van der Waals surface area contributed by atoms with Crippen LogP contribution in [0.15, 0.2) is 17.3 Å². The Morgan fingerprint density at radius 1 is 1.55 bits per heavy atom. The Labute approximate surface area is 119 Å². The molecule has 110 valence electrons. The summed E-state index contributed by atoms with van der Waals surface area (Å²) < 4.78 is 5.90. The topological polar surface area (TPSA) is 84.0 Å². The van der Waals surface area contributed by atoms with E-state index in [-0.39, 0.29) is 17.5 Å². The van der Waals surface area contributed by atoms with Gasteiger partial charge in [-0.05, 0) is 39.8 Å². The van der Waals surface area contributed by atoms with Gasteiger partial charge in [0.1, 0.15) is 5.82 Å². The summed E-state index contributed by atoms with van der Waals surface area (Å²) in [6, 6.07) is 3.69. The second kappa shape index (κ2) is 5.28. The quantitative estimate of drug-likeness (QED) is 0.370. The molecule has 1 atom stereocenters. The van der Waals surface area contributed by atoms with Crippen LogP contribution in [0.4, 0.5) is 5.82 Å². The monoisotopic (exact) mass is 278 g/mol. The number of ether oxygens (including phenoxy) is 1. The highest BCUT2D eigenvalue weighted by atomic mass is 16.5. The minimum absolute atomic E-state index is 0.0736. The van der Waals surface area contributed by atoms with E-state index in [2.05, 4.69) is 28.9 Å². The van der Waals surface area contributed by atoms with Crippen LogP contribution >= 0.6 is 0 Å². The van der Waals surface area contributed by atoms with E-state index in [1.54, 1.807) is 0 Å². The van der Waals surface area contributed by atoms with Crippen molar-refractivity contribution in [1.82, 2.24) is 4.98 Å². The van der Waals surface area contributed by atoms with Crippen LogP contribution in [-0.4, -0.2) is 40.8 Å². The van der Waals surface area contributed by atoms with Crippen LogP contribution in [0.3, 0.4) is 0 Å². The van der Waals surface area contributed by atoms with E-state index >= 15 is 0 Å². The summed E-state index contributed by atoms with van der Waals surface area (Å²) in [6.45, 7) is 9.50. The summed E-state index contributed by atoms with van der Waals surface area (Å²) in [6.07, 6.45) is 0.0983. The van der Waals surface area contributed by atoms with Gasteiger partial charge in [-0.3, -0.25) is 0 Å². The lowest BCUT2D eigenvalue weighted by molar-refractivity contribution is -0.0751. The predicted octanol–water partition coefficient (Wildman–Crippen LogP) is 1.49. The molecule has 0 saturated carbocycles. The van der Waals surface area contributed by atoms with Gasteiger partial charge in [-0.25, -0.2) is 4.98 Å². The molecule has 0 spiro atoms. The standard InChI is InChI=1S/C14H22N4O2/c1-9-5-6-11(12(15)17-19)13(16-9)18-7-10(2)20-14(3,4)8-18/h5-6,10,19H,7-8H2,1-4H3,(H2,15,17). The number of amidine groups is 1. The molecule has 0 amide bonds. The van der Waals surface area contributed by atoms with Crippen molar-refractivity contribution in [2.45, 2.75) is 39.4 Å². The first-order valence-corrected chi connectivity index (χ1v) is 6.71. The van der Waals surface area contributed by atoms with E-state index in [4.69, 9.17) is 15.7 Å². The maximum Gasteiger partial charge on any atom is 0.173 e. The molecule has 0 aliphatic carbocycles. The maximum atomic E-state index is 8.93. The lowest BCUT2D eigenvalue weighted by Gasteiger charge is -2.42. The first-order valence-electron chi connectivity index (χ1n) is 6.71. The van der Waals surface area contributed by atoms with Gasteiger partial charge in [0.05, 0.1) is 17.3 Å². The molecule has 3 N–H and O–H groups in total. The number of aryl methyl sites for hydroxylation is 1. The number of hydrogen-bond donors (Lipinski definition) is 2. The fourth-order valence-electron chi connectivity index (χ4n) is 2.65. The van der Waals surface area contributed by atoms with Crippen molar-refractivity contribution in [3.63, 3.8) is 0 Å². The zero-order valence-corrected chi connectivity index (χ0v) is 12.4. The van der Waals surface area contributed by atoms with Gasteiger partial charge in [-0.15, -0.1) is 0 Å². The number of oxime groups is 1. The summed E-state index contributed by atoms with van der Waals surface area (Å²) in [5.41, 5.74) is 7.03. The van der Waals surface area contributed by atoms with Crippen molar-refractivity contribution in [2.75, 3.05) is 18.0 Å². The van der Waals surface area contributed by atoms with Crippen molar-refractivity contribution >= 4 is 11.7 Å². The van der Waals surface area contributed by atoms with E-state index in [0.717, 1.165) is 18.1 Å². The first-order chi connectivity index (χ1) is 9.32. The van der Waals surface area contributed by atoms with Crippen LogP contribution in [0.25, 0.3) is 0 Å². The van der Waals surface area contributed by atoms with Crippen molar-refractivity contribution in [3.8, 4) is 0 Å². The molecule has 20 heavy (non-hydrogen) atoms. The van der Waals surface area contributed by atoms with E-state index < -0.39 is 0 Å². The number of nitrogens with zero attached hydrogens (tertiary/aromatic N) is 3. The third kappa shape index (κ3) is 3.01. The molecule has 6 heteroatoms. The molecule has 2 rings (SSSR count). The lowest BCUT2D eigenvalue weighted by atomic mass is 10.0. The highest BCUT2D eigenvalue weighted by Crippen LogP contribution is 2.27. The number of pyridine rings is 1. The van der Waals surface area contributed by atoms with Gasteiger partial charge in [-0.1, -0.05) is 5.16 Å². The number of hydrogen-bond acceptors (Lipinski definition) is 5. The van der Waals surface area contributed by atoms with Crippen LogP contribution in [0.5, 0.6) is 0 Å². The first kappa shape index (κ1) is 14.6. The normalized spacial score (nSPS) is 22.9. The third-order valence-electron chi connectivity index (χ3n) is 3.27. The summed E-state index contributed by atoms with van der Waals surface area (Å²) in [7, 11) is 0. The Morgan fingerprint density at radius 3 is 2.85 bits per heavy atom. The van der Waals surface area contributed by atoms with Crippen LogP contribution in [0, 0.1) is 6.92 Å². The Morgan fingerprint density at radius 2 is 2.25 bits per heavy atom. The van der Waals surface area contributed by atoms with E-state index in [0.29, 0.717) is 12.1 Å². The molecule has 0 radical (unpaired) electrons. The van der Waals surface area contributed by atoms with E-state index in [1.807, 2.05) is 26.0 Å². The molecular weight excluding hydrogens is 256 g/mol. The predicted molar refractivity (Wildman–Crippen MR) is 78.3 cm³/mol. The Bertz CT molecular complexity index is 528. The number of nitrogens with two attached hydrogens (primary N) is 1. The zero-order valence-electron chi connectivity index (χ0n) is 12.4. The number of rotatable bonds is 2. The molecular formula is C14H22N4O2. The van der Waals surface area contributed by atoms with Gasteiger partial charge >= 0.3 is 0 Å². The van der Waals surface area contributed by atoms with Crippen molar-refractivity contribution < 1.29 is 9.94 Å². The molecule has 0 aromatic carbocycles. The fourth-order valence-corrected chi connectivity index (χ4v) is 2.65. The molecule has 1 saturated heterocycles. The van der Waals surface area contributed by atoms with Crippen LogP contribution < -0.4 is 10.6 Å². The molecule has 6 nitrogen and oxygen atoms in total. The largest absolute Gasteiger partial charge is 0.409 e. The highest BCUT2D eigenvalue weighted by Gasteiger charge is 2.33. The second-order valence-corrected chi connectivity index (χ2v) is 5.88. The zero-order chi connectivity index (χ0) is 14.9. The minimum Gasteiger partial charge on any atom is -0.409 e. The van der Waals surface area contributed by atoms with Gasteiger partial charge in [0.25, 0.3) is 0 Å². The van der Waals surface area contributed by atoms with Crippen molar-refractivity contribution in [2.24, 2.45) is 10.9 Å². The average molecular weight is 278 g/mol. The van der Waals surface area contributed by atoms with Crippen LogP contribution in [0.2, 0.25) is 0 Å². The van der Waals surface area contributed by atoms with Crippen LogP contribution in [-0.2, 0) is 4.74 Å². The molecule has 1 aromatic heterocycles. The average Bonchev–Trinajstić information content (AvgIpc) is 2.35. The van der Waals surface area contributed by atoms with Crippen molar-refractivity contribution in [1.29, 1.82) is 0 Å². The number of morpholine rings is 1. The van der Waals surface area contributed by atoms with Crippen molar-refractivity contribution in [3.05, 3.63) is 23.4 Å². The molecule has 1 aliphatic heterocycles. The van der Waals surface area contributed by atoms with Crippen LogP contribution in [0.1, 0.15) is 32.0 Å². The molecule has 1 unspecified atom stereocenters. The fraction of sp³-hybridized carbons (Fsp3) is 0.571. The van der Waals surface area contributed by atoms with E-state index in [9.17, 15) is 0 Å². The molecule has 1 aromatic rings. The number of aromatic nitrogens is 1.